The summed E-state index contributed by atoms with van der Waals surface area (Å²) in [4.78, 5) is 49.4. The van der Waals surface area contributed by atoms with Gasteiger partial charge in [-0.1, -0.05) is 55.4 Å². The zero-order chi connectivity index (χ0) is 54.5. The number of pyridine rings is 1. The van der Waals surface area contributed by atoms with Crippen molar-refractivity contribution < 1.29 is 33.8 Å². The number of phenols is 1. The fraction of sp³-hybridized carbons (Fsp3) is 0.508. The normalized spacial score (nSPS) is 24.4. The summed E-state index contributed by atoms with van der Waals surface area (Å²) in [5.41, 5.74) is 14.5. The number of piperidine rings is 1. The topological polar surface area (TPSA) is 225 Å². The van der Waals surface area contributed by atoms with Crippen LogP contribution >= 0.6 is 11.3 Å². The Hall–Kier alpha value is -6.87. The zero-order valence-electron chi connectivity index (χ0n) is 45.4. The molecule has 12 rings (SSSR count). The van der Waals surface area contributed by atoms with Crippen molar-refractivity contribution in [3.8, 4) is 33.3 Å². The number of carbonyl (C=O) groups is 2. The molecule has 416 valence electrons. The number of hydrogen-bond donors (Lipinski definition) is 4. The molecule has 5 N–H and O–H groups in total. The van der Waals surface area contributed by atoms with E-state index in [4.69, 9.17) is 19.7 Å². The van der Waals surface area contributed by atoms with Crippen molar-refractivity contribution >= 4 is 46.2 Å². The van der Waals surface area contributed by atoms with Gasteiger partial charge in [-0.25, -0.2) is 9.97 Å². The molecule has 9 heterocycles. The first-order valence-corrected chi connectivity index (χ1v) is 29.1. The summed E-state index contributed by atoms with van der Waals surface area (Å²) in [5.74, 6) is 1.58. The fourth-order valence-electron chi connectivity index (χ4n) is 12.9. The van der Waals surface area contributed by atoms with Gasteiger partial charge in [0, 0.05) is 119 Å². The Kier molecular flexibility index (Phi) is 14.9. The second-order valence-electron chi connectivity index (χ2n) is 23.1. The number of thiazole rings is 1. The monoisotopic (exact) mass is 1090 g/mol. The number of aromatic hydroxyl groups is 1. The zero-order valence-corrected chi connectivity index (χ0v) is 46.3. The number of para-hydroxylation sites is 1. The van der Waals surface area contributed by atoms with E-state index in [0.717, 1.165) is 123 Å². The maximum absolute atomic E-state index is 14.4. The second kappa shape index (κ2) is 22.3. The number of anilines is 4. The van der Waals surface area contributed by atoms with Crippen molar-refractivity contribution in [2.45, 2.75) is 127 Å². The lowest BCUT2D eigenvalue weighted by molar-refractivity contribution is -0.141. The highest BCUT2D eigenvalue weighted by Crippen LogP contribution is 2.41. The predicted octanol–water partition coefficient (Wildman–Crippen LogP) is 7.21. The Bertz CT molecular complexity index is 3100. The Labute approximate surface area is 465 Å². The number of rotatable bonds is 17. The van der Waals surface area contributed by atoms with Gasteiger partial charge in [-0.3, -0.25) is 9.59 Å². The molecule has 6 aliphatic rings. The van der Waals surface area contributed by atoms with Crippen LogP contribution in [0.4, 0.5) is 23.0 Å². The molecule has 0 radical (unpaired) electrons. The highest BCUT2D eigenvalue weighted by molar-refractivity contribution is 7.13. The van der Waals surface area contributed by atoms with Crippen LogP contribution < -0.4 is 30.5 Å². The molecular weight excluding hydrogens is 1020 g/mol. The minimum absolute atomic E-state index is 0.0787. The van der Waals surface area contributed by atoms with Crippen LogP contribution in [0.3, 0.4) is 0 Å². The molecule has 2 unspecified atom stereocenters. The number of likely N-dealkylation sites (tertiary alicyclic amines) is 2. The molecule has 4 aromatic heterocycles. The fourth-order valence-corrected chi connectivity index (χ4v) is 13.7. The number of nitrogens with two attached hydrogens (primary N) is 1. The van der Waals surface area contributed by atoms with Crippen molar-refractivity contribution in [1.29, 1.82) is 0 Å². The van der Waals surface area contributed by atoms with E-state index in [1.54, 1.807) is 23.5 Å². The minimum atomic E-state index is -0.804. The van der Waals surface area contributed by atoms with Gasteiger partial charge in [0.05, 0.1) is 51.8 Å². The molecule has 20 heteroatoms. The van der Waals surface area contributed by atoms with Gasteiger partial charge in [0.15, 0.2) is 17.4 Å². The Balaban J connectivity index is 0.566. The number of nitrogens with zero attached hydrogens (tertiary/aromatic N) is 10. The number of carbonyl (C=O) groups excluding carboxylic acids is 2. The van der Waals surface area contributed by atoms with E-state index in [1.807, 2.05) is 87.9 Å². The van der Waals surface area contributed by atoms with Crippen molar-refractivity contribution in [1.82, 2.24) is 40.4 Å². The van der Waals surface area contributed by atoms with Crippen LogP contribution in [0.15, 0.2) is 89.0 Å². The number of benzene rings is 2. The summed E-state index contributed by atoms with van der Waals surface area (Å²) in [6.45, 7) is 14.3. The minimum Gasteiger partial charge on any atom is -0.507 e. The molecule has 2 bridgehead atoms. The number of aromatic nitrogens is 5. The lowest BCUT2D eigenvalue weighted by atomic mass is 9.91. The van der Waals surface area contributed by atoms with Crippen LogP contribution in [0, 0.1) is 18.8 Å². The Morgan fingerprint density at radius 1 is 0.861 bits per heavy atom. The first-order valence-electron chi connectivity index (χ1n) is 28.2. The lowest BCUT2D eigenvalue weighted by Crippen LogP contribution is -2.54. The van der Waals surface area contributed by atoms with Gasteiger partial charge in [-0.2, -0.15) is 0 Å². The molecule has 6 fully saturated rings. The third-order valence-corrected chi connectivity index (χ3v) is 18.3. The van der Waals surface area contributed by atoms with Crippen molar-refractivity contribution in [2.24, 2.45) is 11.8 Å². The Morgan fingerprint density at radius 2 is 1.62 bits per heavy atom. The summed E-state index contributed by atoms with van der Waals surface area (Å²) < 4.78 is 19.0. The Morgan fingerprint density at radius 3 is 2.34 bits per heavy atom. The van der Waals surface area contributed by atoms with E-state index in [-0.39, 0.29) is 60.8 Å². The van der Waals surface area contributed by atoms with E-state index in [2.05, 4.69) is 62.4 Å². The van der Waals surface area contributed by atoms with Crippen LogP contribution in [0.5, 0.6) is 11.6 Å². The van der Waals surface area contributed by atoms with Gasteiger partial charge in [0.2, 0.25) is 17.7 Å². The quantitative estimate of drug-likeness (QED) is 0.0708. The second-order valence-corrected chi connectivity index (χ2v) is 24.0. The third-order valence-electron chi connectivity index (χ3n) is 17.3. The molecule has 79 heavy (non-hydrogen) atoms. The van der Waals surface area contributed by atoms with Gasteiger partial charge in [-0.15, -0.1) is 21.5 Å². The van der Waals surface area contributed by atoms with E-state index >= 15 is 0 Å². The molecule has 1 aliphatic carbocycles. The smallest absolute Gasteiger partial charge is 0.243 e. The maximum Gasteiger partial charge on any atom is 0.243 e. The van der Waals surface area contributed by atoms with Crippen LogP contribution in [0.25, 0.3) is 21.7 Å². The molecule has 2 aromatic carbocycles. The number of nitrogens with one attached hydrogen (secondary N) is 1. The number of hydrogen-bond acceptors (Lipinski definition) is 18. The summed E-state index contributed by atoms with van der Waals surface area (Å²) in [6.07, 6.45) is 7.63. The third kappa shape index (κ3) is 11.1. The predicted molar refractivity (Wildman–Crippen MR) is 302 cm³/mol. The summed E-state index contributed by atoms with van der Waals surface area (Å²) in [5, 5.41) is 37.3. The molecule has 6 aromatic rings. The van der Waals surface area contributed by atoms with Gasteiger partial charge in [-0.05, 0) is 80.8 Å². The number of fused-ring (bicyclic) bond motifs is 2. The molecule has 0 spiro atoms. The van der Waals surface area contributed by atoms with E-state index in [9.17, 15) is 19.8 Å². The lowest BCUT2D eigenvalue weighted by Gasteiger charge is -2.44. The average Bonchev–Trinajstić information content (AvgIpc) is 4.37. The molecule has 6 atom stereocenters. The van der Waals surface area contributed by atoms with Crippen LogP contribution in [0.2, 0.25) is 0 Å². The van der Waals surface area contributed by atoms with Gasteiger partial charge in [0.1, 0.15) is 23.8 Å². The summed E-state index contributed by atoms with van der Waals surface area (Å²) in [6, 6.07) is 22.8. The van der Waals surface area contributed by atoms with Crippen LogP contribution in [-0.4, -0.2) is 152 Å². The largest absolute Gasteiger partial charge is 0.507 e. The van der Waals surface area contributed by atoms with Crippen molar-refractivity contribution in [3.63, 3.8) is 0 Å². The van der Waals surface area contributed by atoms with E-state index in [0.29, 0.717) is 46.7 Å². The van der Waals surface area contributed by atoms with Crippen molar-refractivity contribution in [3.05, 3.63) is 102 Å². The van der Waals surface area contributed by atoms with Gasteiger partial charge < -0.3 is 59.8 Å². The van der Waals surface area contributed by atoms with Crippen molar-refractivity contribution in [2.75, 3.05) is 72.8 Å². The first kappa shape index (κ1) is 52.8. The van der Waals surface area contributed by atoms with Crippen LogP contribution in [0.1, 0.15) is 94.7 Å². The number of phenolic OH excluding ortho intramolecular Hbond substituents is 1. The molecule has 5 saturated heterocycles. The molecule has 1 saturated carbocycles. The molecule has 5 aliphatic heterocycles. The number of β-amino-alcohol motifs (C(OH)–C–C–N with tert-alkyl or cyclic N) is 1. The molecule has 19 nitrogen and oxygen atoms in total. The summed E-state index contributed by atoms with van der Waals surface area (Å²) in [7, 11) is 0. The number of aliphatic hydroxyl groups is 1. The van der Waals surface area contributed by atoms with E-state index in [1.165, 1.54) is 4.90 Å². The molecular formula is C59H72N12O7S. The number of ether oxygens (including phenoxy) is 2. The highest BCUT2D eigenvalue weighted by atomic mass is 32.1. The SMILES string of the molecule is Cc1ncsc1-c1ccc([C@H](C)NC(=O)[C@@H]2C[C@@H](O)CN2C(=O)[C@@H](c2cc(N3CC(CN4CCC(O[C@H]5C[C@H](Oc6cc(N7C8CCC7CN(c7cc(-c9ccccc9O)nnc7N)C8)ccn6)C5)CC4)C3)no2)C(C)C)cc1. The number of amides is 2. The standard InChI is InChI=1S/C59H72N12O7S/c1-34(2)55(59(75)70-32-43(72)22-50(70)58(74)63-35(3)38-9-11-39(12-10-38)56-36(4)62-33-79-56)52-26-53(66-78-52)69-28-37(29-69)27-67-19-16-44(17-20-67)76-45-23-46(24-45)77-54-21-40(15-18-61-54)71-41-13-14-42(71)31-68(30-41)49-25-48(64-65-57(49)60)47-7-5-6-8-51(47)73/h5-12,15,18,21,25-26,33-35,37,41-46,50,55,72-73H,13-14,16-17,19-20,22-24,27-32H2,1-4H3,(H2,60,65)(H,63,74)/t35-,41?,42?,43+,45-,46-,50-,55+/m0/s1. The number of aliphatic hydroxyl groups excluding tert-OH is 1. The van der Waals surface area contributed by atoms with Gasteiger partial charge in [0.25, 0.3) is 0 Å². The number of aryl methyl sites for hydroxylation is 1. The first-order chi connectivity index (χ1) is 38.3. The van der Waals surface area contributed by atoms with Crippen LogP contribution in [-0.2, 0) is 14.3 Å². The number of piperazine rings is 1. The summed E-state index contributed by atoms with van der Waals surface area (Å²) >= 11 is 1.60. The van der Waals surface area contributed by atoms with E-state index < -0.39 is 18.1 Å². The maximum atomic E-state index is 14.4. The van der Waals surface area contributed by atoms with Gasteiger partial charge >= 0.3 is 0 Å². The number of nitrogen functional groups attached to an aromatic ring is 1. The highest BCUT2D eigenvalue weighted by Gasteiger charge is 2.45. The molecule has 2 amide bonds. The average molecular weight is 1090 g/mol.